The lowest BCUT2D eigenvalue weighted by Crippen LogP contribution is -1.95. The molecule has 0 aliphatic heterocycles. The third kappa shape index (κ3) is 2.77. The number of hydrogen-bond donors (Lipinski definition) is 2. The van der Waals surface area contributed by atoms with Crippen molar-refractivity contribution in [1.82, 2.24) is 0 Å². The lowest BCUT2D eigenvalue weighted by Gasteiger charge is -1.99. The normalized spacial score (nSPS) is 10.9. The maximum Gasteiger partial charge on any atom is 0.314 e. The molecule has 0 atom stereocenters. The van der Waals surface area contributed by atoms with E-state index in [2.05, 4.69) is 0 Å². The Labute approximate surface area is 91.2 Å². The Morgan fingerprint density at radius 1 is 1.56 bits per heavy atom. The van der Waals surface area contributed by atoms with Gasteiger partial charge >= 0.3 is 5.69 Å². The van der Waals surface area contributed by atoms with Gasteiger partial charge in [-0.3, -0.25) is 10.1 Å². The highest BCUT2D eigenvalue weighted by Gasteiger charge is 2.18. The first-order valence-corrected chi connectivity index (χ1v) is 4.59. The van der Waals surface area contributed by atoms with E-state index in [4.69, 9.17) is 10.8 Å². The Hall–Kier alpha value is -1.95. The second-order valence-electron chi connectivity index (χ2n) is 3.11. The molecular weight excluding hydrogens is 215 g/mol. The number of nitro benzene ring substituents is 1. The van der Waals surface area contributed by atoms with Crippen LogP contribution >= 0.6 is 0 Å². The van der Waals surface area contributed by atoms with E-state index in [9.17, 15) is 14.5 Å². The van der Waals surface area contributed by atoms with Crippen molar-refractivity contribution in [2.75, 3.05) is 6.54 Å². The van der Waals surface area contributed by atoms with E-state index in [1.807, 2.05) is 0 Å². The molecule has 0 aromatic heterocycles. The molecule has 0 bridgehead atoms. The molecule has 1 aromatic rings. The smallest absolute Gasteiger partial charge is 0.314 e. The monoisotopic (exact) mass is 226 g/mol. The van der Waals surface area contributed by atoms with Gasteiger partial charge in [0, 0.05) is 6.07 Å². The van der Waals surface area contributed by atoms with Gasteiger partial charge in [-0.1, -0.05) is 12.2 Å². The second kappa shape index (κ2) is 5.22. The first kappa shape index (κ1) is 12.1. The van der Waals surface area contributed by atoms with E-state index in [1.165, 1.54) is 6.08 Å². The van der Waals surface area contributed by atoms with Crippen LogP contribution in [0.5, 0.6) is 5.75 Å². The van der Waals surface area contributed by atoms with Gasteiger partial charge in [0.25, 0.3) is 0 Å². The van der Waals surface area contributed by atoms with E-state index in [0.717, 1.165) is 12.1 Å². The van der Waals surface area contributed by atoms with Crippen LogP contribution in [0, 0.1) is 15.9 Å². The van der Waals surface area contributed by atoms with E-state index in [1.54, 1.807) is 6.08 Å². The Morgan fingerprint density at radius 2 is 2.25 bits per heavy atom. The molecule has 1 rings (SSSR count). The van der Waals surface area contributed by atoms with Crippen molar-refractivity contribution in [3.8, 4) is 5.75 Å². The summed E-state index contributed by atoms with van der Waals surface area (Å²) in [6, 6.07) is 2.13. The molecule has 0 aliphatic carbocycles. The number of phenolic OH excluding ortho intramolecular Hbond substituents is 1. The van der Waals surface area contributed by atoms with Gasteiger partial charge in [0.2, 0.25) is 5.75 Å². The van der Waals surface area contributed by atoms with Crippen LogP contribution in [0.25, 0.3) is 6.08 Å². The zero-order valence-electron chi connectivity index (χ0n) is 8.39. The highest BCUT2D eigenvalue weighted by atomic mass is 19.1. The summed E-state index contributed by atoms with van der Waals surface area (Å²) in [5, 5.41) is 19.6. The van der Waals surface area contributed by atoms with Crippen molar-refractivity contribution in [3.63, 3.8) is 0 Å². The topological polar surface area (TPSA) is 89.4 Å². The SMILES string of the molecule is NCCC=Cc1cc(F)c(O)c([N+](=O)[O-])c1. The number of nitro groups is 1. The van der Waals surface area contributed by atoms with Crippen LogP contribution in [0.2, 0.25) is 0 Å². The lowest BCUT2D eigenvalue weighted by molar-refractivity contribution is -0.386. The molecular formula is C10H11FN2O3. The maximum absolute atomic E-state index is 13.1. The average Bonchev–Trinajstić information content (AvgIpc) is 2.23. The van der Waals surface area contributed by atoms with Gasteiger partial charge < -0.3 is 10.8 Å². The lowest BCUT2D eigenvalue weighted by atomic mass is 10.1. The molecule has 16 heavy (non-hydrogen) atoms. The Bertz CT molecular complexity index is 432. The second-order valence-corrected chi connectivity index (χ2v) is 3.11. The molecule has 0 unspecified atom stereocenters. The third-order valence-electron chi connectivity index (χ3n) is 1.91. The summed E-state index contributed by atoms with van der Waals surface area (Å²) in [4.78, 5) is 9.66. The largest absolute Gasteiger partial charge is 0.500 e. The van der Waals surface area contributed by atoms with Crippen molar-refractivity contribution in [2.24, 2.45) is 5.73 Å². The van der Waals surface area contributed by atoms with E-state index >= 15 is 0 Å². The van der Waals surface area contributed by atoms with E-state index in [-0.39, 0.29) is 0 Å². The van der Waals surface area contributed by atoms with Crippen LogP contribution in [0.1, 0.15) is 12.0 Å². The Kier molecular flexibility index (Phi) is 3.96. The van der Waals surface area contributed by atoms with Crippen molar-refractivity contribution in [1.29, 1.82) is 0 Å². The van der Waals surface area contributed by atoms with Crippen molar-refractivity contribution >= 4 is 11.8 Å². The first-order chi connectivity index (χ1) is 7.56. The molecule has 0 heterocycles. The quantitative estimate of drug-likeness (QED) is 0.605. The van der Waals surface area contributed by atoms with Crippen LogP contribution in [0.3, 0.4) is 0 Å². The fourth-order valence-corrected chi connectivity index (χ4v) is 1.16. The van der Waals surface area contributed by atoms with Gasteiger partial charge in [-0.25, -0.2) is 4.39 Å². The summed E-state index contributed by atoms with van der Waals surface area (Å²) in [5.74, 6) is -1.96. The van der Waals surface area contributed by atoms with E-state index in [0.29, 0.717) is 18.5 Å². The first-order valence-electron chi connectivity index (χ1n) is 4.59. The van der Waals surface area contributed by atoms with Crippen molar-refractivity contribution in [3.05, 3.63) is 39.7 Å². The van der Waals surface area contributed by atoms with Gasteiger partial charge in [0.1, 0.15) is 0 Å². The number of phenols is 1. The van der Waals surface area contributed by atoms with Crippen molar-refractivity contribution in [2.45, 2.75) is 6.42 Å². The summed E-state index contributed by atoms with van der Waals surface area (Å²) in [6.07, 6.45) is 3.79. The summed E-state index contributed by atoms with van der Waals surface area (Å²) < 4.78 is 13.1. The van der Waals surface area contributed by atoms with E-state index < -0.39 is 22.2 Å². The highest BCUT2D eigenvalue weighted by molar-refractivity contribution is 5.58. The maximum atomic E-state index is 13.1. The number of nitrogens with two attached hydrogens (primary N) is 1. The Morgan fingerprint density at radius 3 is 2.81 bits per heavy atom. The van der Waals surface area contributed by atoms with Crippen LogP contribution < -0.4 is 5.73 Å². The van der Waals surface area contributed by atoms with Gasteiger partial charge in [0.05, 0.1) is 4.92 Å². The van der Waals surface area contributed by atoms with Crippen molar-refractivity contribution < 1.29 is 14.4 Å². The number of aromatic hydroxyl groups is 1. The molecule has 3 N–H and O–H groups in total. The molecule has 0 radical (unpaired) electrons. The zero-order chi connectivity index (χ0) is 12.1. The van der Waals surface area contributed by atoms with Gasteiger partial charge in [0.15, 0.2) is 5.82 Å². The predicted molar refractivity (Wildman–Crippen MR) is 57.4 cm³/mol. The molecule has 0 amide bonds. The number of halogens is 1. The van der Waals surface area contributed by atoms with Crippen LogP contribution in [0.15, 0.2) is 18.2 Å². The standard InChI is InChI=1S/C10H11FN2O3/c11-8-5-7(3-1-2-4-12)6-9(10(8)14)13(15)16/h1,3,5-6,14H,2,4,12H2. The number of nitrogens with zero attached hydrogens (tertiary/aromatic N) is 1. The minimum Gasteiger partial charge on any atom is -0.500 e. The molecule has 86 valence electrons. The average molecular weight is 226 g/mol. The van der Waals surface area contributed by atoms with Crippen LogP contribution in [-0.4, -0.2) is 16.6 Å². The fraction of sp³-hybridized carbons (Fsp3) is 0.200. The fourth-order valence-electron chi connectivity index (χ4n) is 1.16. The van der Waals surface area contributed by atoms with Crippen LogP contribution in [0.4, 0.5) is 10.1 Å². The minimum absolute atomic E-state index is 0.315. The molecule has 0 saturated carbocycles. The molecule has 0 fully saturated rings. The Balaban J connectivity index is 3.09. The van der Waals surface area contributed by atoms with Gasteiger partial charge in [-0.05, 0) is 24.6 Å². The highest BCUT2D eigenvalue weighted by Crippen LogP contribution is 2.30. The molecule has 1 aromatic carbocycles. The molecule has 6 heteroatoms. The summed E-state index contributed by atoms with van der Waals surface area (Å²) in [7, 11) is 0. The summed E-state index contributed by atoms with van der Waals surface area (Å²) in [6.45, 7) is 0.444. The van der Waals surface area contributed by atoms with Gasteiger partial charge in [-0.2, -0.15) is 0 Å². The summed E-state index contributed by atoms with van der Waals surface area (Å²) in [5.41, 5.74) is 4.92. The van der Waals surface area contributed by atoms with Gasteiger partial charge in [-0.15, -0.1) is 0 Å². The number of benzene rings is 1. The molecule has 0 aliphatic rings. The zero-order valence-corrected chi connectivity index (χ0v) is 8.39. The number of rotatable bonds is 4. The molecule has 5 nitrogen and oxygen atoms in total. The van der Waals surface area contributed by atoms with Crippen LogP contribution in [-0.2, 0) is 0 Å². The summed E-state index contributed by atoms with van der Waals surface area (Å²) >= 11 is 0. The number of hydrogen-bond acceptors (Lipinski definition) is 4. The predicted octanol–water partition coefficient (Wildman–Crippen LogP) is 1.80. The molecule has 0 spiro atoms. The minimum atomic E-state index is -1.01. The third-order valence-corrected chi connectivity index (χ3v) is 1.91. The molecule has 0 saturated heterocycles.